The fraction of sp³-hybridized carbons (Fsp3) is 0.538. The lowest BCUT2D eigenvalue weighted by Gasteiger charge is -2.12. The summed E-state index contributed by atoms with van der Waals surface area (Å²) in [5.41, 5.74) is 1.13. The molecule has 1 aliphatic rings. The van der Waals surface area contributed by atoms with Crippen LogP contribution >= 0.6 is 11.6 Å². The van der Waals surface area contributed by atoms with Crippen LogP contribution in [0.4, 0.5) is 0 Å². The first-order valence-corrected chi connectivity index (χ1v) is 6.26. The molecule has 0 saturated heterocycles. The maximum absolute atomic E-state index is 6.05. The average molecular weight is 256 g/mol. The number of rotatable bonds is 6. The van der Waals surface area contributed by atoms with Gasteiger partial charge in [-0.3, -0.25) is 0 Å². The molecule has 0 amide bonds. The van der Waals surface area contributed by atoms with Crippen LogP contribution in [0.15, 0.2) is 12.1 Å². The van der Waals surface area contributed by atoms with Gasteiger partial charge in [0.2, 0.25) is 0 Å². The highest BCUT2D eigenvalue weighted by Gasteiger charge is 2.20. The van der Waals surface area contributed by atoms with Crippen LogP contribution < -0.4 is 14.8 Å². The van der Waals surface area contributed by atoms with Crippen molar-refractivity contribution >= 4 is 11.6 Å². The monoisotopic (exact) mass is 255 g/mol. The molecule has 0 bridgehead atoms. The van der Waals surface area contributed by atoms with E-state index in [0.717, 1.165) is 30.3 Å². The summed E-state index contributed by atoms with van der Waals surface area (Å²) >= 11 is 6.05. The molecular formula is C13H18ClNO2. The molecule has 0 radical (unpaired) electrons. The van der Waals surface area contributed by atoms with E-state index in [1.54, 1.807) is 14.2 Å². The largest absolute Gasteiger partial charge is 0.496 e. The van der Waals surface area contributed by atoms with Gasteiger partial charge in [-0.2, -0.15) is 0 Å². The minimum absolute atomic E-state index is 0.586. The molecule has 0 spiro atoms. The molecule has 3 nitrogen and oxygen atoms in total. The second-order valence-corrected chi connectivity index (χ2v) is 4.68. The highest BCUT2D eigenvalue weighted by molar-refractivity contribution is 6.32. The van der Waals surface area contributed by atoms with Gasteiger partial charge in [0, 0.05) is 12.1 Å². The molecule has 17 heavy (non-hydrogen) atoms. The van der Waals surface area contributed by atoms with Crippen molar-refractivity contribution < 1.29 is 9.47 Å². The standard InChI is InChI=1S/C13H18ClNO2/c1-16-12-8-11(14)13(17-2)7-9(12)5-6-15-10-3-4-10/h7-8,10,15H,3-6H2,1-2H3. The molecule has 1 N–H and O–H groups in total. The zero-order valence-electron chi connectivity index (χ0n) is 10.3. The number of ether oxygens (including phenoxy) is 2. The third-order valence-electron chi connectivity index (χ3n) is 2.96. The SMILES string of the molecule is COc1cc(CCNC2CC2)c(OC)cc1Cl. The van der Waals surface area contributed by atoms with Crippen molar-refractivity contribution in [2.45, 2.75) is 25.3 Å². The normalized spacial score (nSPS) is 14.8. The highest BCUT2D eigenvalue weighted by atomic mass is 35.5. The van der Waals surface area contributed by atoms with Crippen molar-refractivity contribution in [3.05, 3.63) is 22.7 Å². The van der Waals surface area contributed by atoms with E-state index in [2.05, 4.69) is 5.32 Å². The minimum atomic E-state index is 0.586. The van der Waals surface area contributed by atoms with E-state index >= 15 is 0 Å². The number of nitrogens with one attached hydrogen (secondary N) is 1. The Hall–Kier alpha value is -0.930. The fourth-order valence-electron chi connectivity index (χ4n) is 1.82. The van der Waals surface area contributed by atoms with Crippen LogP contribution in [0.2, 0.25) is 5.02 Å². The van der Waals surface area contributed by atoms with E-state index in [-0.39, 0.29) is 0 Å². The van der Waals surface area contributed by atoms with Gasteiger partial charge in [0.1, 0.15) is 11.5 Å². The quantitative estimate of drug-likeness (QED) is 0.848. The summed E-state index contributed by atoms with van der Waals surface area (Å²) in [6, 6.07) is 4.50. The summed E-state index contributed by atoms with van der Waals surface area (Å²) in [7, 11) is 3.29. The van der Waals surface area contributed by atoms with Gasteiger partial charge in [-0.05, 0) is 37.4 Å². The van der Waals surface area contributed by atoms with Gasteiger partial charge in [-0.1, -0.05) is 11.6 Å². The van der Waals surface area contributed by atoms with E-state index in [0.29, 0.717) is 10.8 Å². The first-order chi connectivity index (χ1) is 8.24. The van der Waals surface area contributed by atoms with Gasteiger partial charge in [0.05, 0.1) is 19.2 Å². The topological polar surface area (TPSA) is 30.5 Å². The van der Waals surface area contributed by atoms with Crippen molar-refractivity contribution in [1.82, 2.24) is 5.32 Å². The average Bonchev–Trinajstić information content (AvgIpc) is 3.14. The van der Waals surface area contributed by atoms with Crippen molar-refractivity contribution in [3.63, 3.8) is 0 Å². The maximum Gasteiger partial charge on any atom is 0.137 e. The summed E-state index contributed by atoms with van der Waals surface area (Å²) in [6.45, 7) is 0.964. The van der Waals surface area contributed by atoms with Gasteiger partial charge in [0.25, 0.3) is 0 Å². The number of hydrogen-bond acceptors (Lipinski definition) is 3. The summed E-state index contributed by atoms with van der Waals surface area (Å²) in [4.78, 5) is 0. The molecule has 1 saturated carbocycles. The summed E-state index contributed by atoms with van der Waals surface area (Å²) in [6.07, 6.45) is 3.54. The molecule has 0 aromatic heterocycles. The summed E-state index contributed by atoms with van der Waals surface area (Å²) < 4.78 is 10.5. The zero-order chi connectivity index (χ0) is 12.3. The van der Waals surface area contributed by atoms with Crippen LogP contribution in [0.25, 0.3) is 0 Å². The van der Waals surface area contributed by atoms with Gasteiger partial charge in [0.15, 0.2) is 0 Å². The number of hydrogen-bond donors (Lipinski definition) is 1. The van der Waals surface area contributed by atoms with Gasteiger partial charge < -0.3 is 14.8 Å². The van der Waals surface area contributed by atoms with Crippen molar-refractivity contribution in [2.24, 2.45) is 0 Å². The number of halogens is 1. The third-order valence-corrected chi connectivity index (χ3v) is 3.25. The Labute approximate surface area is 107 Å². The molecule has 0 heterocycles. The Morgan fingerprint density at radius 1 is 1.24 bits per heavy atom. The van der Waals surface area contributed by atoms with E-state index in [4.69, 9.17) is 21.1 Å². The molecular weight excluding hydrogens is 238 g/mol. The predicted molar refractivity (Wildman–Crippen MR) is 69.3 cm³/mol. The zero-order valence-corrected chi connectivity index (χ0v) is 11.0. The molecule has 0 unspecified atom stereocenters. The van der Waals surface area contributed by atoms with Crippen molar-refractivity contribution in [1.29, 1.82) is 0 Å². The molecule has 94 valence electrons. The maximum atomic E-state index is 6.05. The predicted octanol–water partition coefficient (Wildman–Crippen LogP) is 2.65. The molecule has 1 fully saturated rings. The smallest absolute Gasteiger partial charge is 0.137 e. The molecule has 0 aliphatic heterocycles. The fourth-order valence-corrected chi connectivity index (χ4v) is 2.05. The first kappa shape index (κ1) is 12.5. The molecule has 2 rings (SSSR count). The molecule has 4 heteroatoms. The Kier molecular flexibility index (Phi) is 4.13. The summed E-state index contributed by atoms with van der Waals surface area (Å²) in [5.74, 6) is 1.53. The Morgan fingerprint density at radius 2 is 1.94 bits per heavy atom. The number of benzene rings is 1. The van der Waals surface area contributed by atoms with Crippen molar-refractivity contribution in [2.75, 3.05) is 20.8 Å². The van der Waals surface area contributed by atoms with Crippen LogP contribution in [-0.2, 0) is 6.42 Å². The Morgan fingerprint density at radius 3 is 2.53 bits per heavy atom. The second-order valence-electron chi connectivity index (χ2n) is 4.28. The van der Waals surface area contributed by atoms with E-state index < -0.39 is 0 Å². The Balaban J connectivity index is 2.05. The van der Waals surface area contributed by atoms with Crippen LogP contribution in [0.5, 0.6) is 11.5 Å². The highest BCUT2D eigenvalue weighted by Crippen LogP contribution is 2.32. The third kappa shape index (κ3) is 3.27. The van der Waals surface area contributed by atoms with E-state index in [9.17, 15) is 0 Å². The summed E-state index contributed by atoms with van der Waals surface area (Å²) in [5, 5.41) is 4.07. The minimum Gasteiger partial charge on any atom is -0.496 e. The van der Waals surface area contributed by atoms with Crippen LogP contribution in [0.3, 0.4) is 0 Å². The lowest BCUT2D eigenvalue weighted by atomic mass is 10.1. The van der Waals surface area contributed by atoms with Crippen LogP contribution in [0, 0.1) is 0 Å². The van der Waals surface area contributed by atoms with Gasteiger partial charge in [-0.25, -0.2) is 0 Å². The first-order valence-electron chi connectivity index (χ1n) is 5.88. The van der Waals surface area contributed by atoms with E-state index in [1.165, 1.54) is 12.8 Å². The van der Waals surface area contributed by atoms with E-state index in [1.807, 2.05) is 12.1 Å². The molecule has 0 atom stereocenters. The van der Waals surface area contributed by atoms with Gasteiger partial charge >= 0.3 is 0 Å². The lowest BCUT2D eigenvalue weighted by molar-refractivity contribution is 0.398. The molecule has 1 aromatic rings. The van der Waals surface area contributed by atoms with Crippen LogP contribution in [0.1, 0.15) is 18.4 Å². The number of methoxy groups -OCH3 is 2. The van der Waals surface area contributed by atoms with Gasteiger partial charge in [-0.15, -0.1) is 0 Å². The second kappa shape index (κ2) is 5.61. The molecule has 1 aliphatic carbocycles. The Bertz CT molecular complexity index is 391. The van der Waals surface area contributed by atoms with Crippen LogP contribution in [-0.4, -0.2) is 26.8 Å². The van der Waals surface area contributed by atoms with Crippen molar-refractivity contribution in [3.8, 4) is 11.5 Å². The lowest BCUT2D eigenvalue weighted by Crippen LogP contribution is -2.19. The molecule has 1 aromatic carbocycles.